The van der Waals surface area contributed by atoms with Gasteiger partial charge in [0.15, 0.2) is 0 Å². The highest BCUT2D eigenvalue weighted by atomic mass is 19.4. The Morgan fingerprint density at radius 2 is 1.95 bits per heavy atom. The van der Waals surface area contributed by atoms with E-state index < -0.39 is 18.0 Å². The van der Waals surface area contributed by atoms with Gasteiger partial charge in [-0.3, -0.25) is 4.79 Å². The van der Waals surface area contributed by atoms with E-state index in [0.29, 0.717) is 6.54 Å². The molecule has 0 spiro atoms. The first-order chi connectivity index (χ1) is 9.38. The van der Waals surface area contributed by atoms with Gasteiger partial charge in [0.1, 0.15) is 0 Å². The van der Waals surface area contributed by atoms with E-state index in [-0.39, 0.29) is 18.5 Å². The molecule has 20 heavy (non-hydrogen) atoms. The molecule has 1 aliphatic heterocycles. The van der Waals surface area contributed by atoms with Crippen molar-refractivity contribution >= 4 is 5.91 Å². The van der Waals surface area contributed by atoms with Crippen molar-refractivity contribution in [1.82, 2.24) is 4.90 Å². The standard InChI is InChI=1S/C14H15F3N2O/c15-14(16,17)12-6-7-19(9-11(12)13(18)20)8-10-4-2-1-3-5-10/h1-5,9,12H,6-8H2,(H2,18,20). The van der Waals surface area contributed by atoms with Crippen LogP contribution in [0, 0.1) is 5.92 Å². The van der Waals surface area contributed by atoms with Crippen LogP contribution in [0.3, 0.4) is 0 Å². The summed E-state index contributed by atoms with van der Waals surface area (Å²) in [6.45, 7) is 0.706. The minimum Gasteiger partial charge on any atom is -0.373 e. The lowest BCUT2D eigenvalue weighted by Crippen LogP contribution is -2.38. The van der Waals surface area contributed by atoms with Gasteiger partial charge in [-0.15, -0.1) is 0 Å². The van der Waals surface area contributed by atoms with Crippen LogP contribution in [0.4, 0.5) is 13.2 Å². The first-order valence-electron chi connectivity index (χ1n) is 6.24. The second-order valence-electron chi connectivity index (χ2n) is 4.79. The summed E-state index contributed by atoms with van der Waals surface area (Å²) in [6.07, 6.45) is -3.33. The Kier molecular flexibility index (Phi) is 4.01. The molecule has 2 rings (SSSR count). The van der Waals surface area contributed by atoms with Crippen LogP contribution >= 0.6 is 0 Å². The second-order valence-corrected chi connectivity index (χ2v) is 4.79. The largest absolute Gasteiger partial charge is 0.396 e. The third-order valence-electron chi connectivity index (χ3n) is 3.31. The highest BCUT2D eigenvalue weighted by Gasteiger charge is 2.45. The molecule has 0 saturated heterocycles. The number of carbonyl (C=O) groups is 1. The SMILES string of the molecule is NC(=O)C1=CN(Cc2ccccc2)CCC1C(F)(F)F. The monoisotopic (exact) mass is 284 g/mol. The zero-order chi connectivity index (χ0) is 14.8. The van der Waals surface area contributed by atoms with E-state index in [9.17, 15) is 18.0 Å². The summed E-state index contributed by atoms with van der Waals surface area (Å²) in [5, 5.41) is 0. The highest BCUT2D eigenvalue weighted by molar-refractivity contribution is 5.92. The fraction of sp³-hybridized carbons (Fsp3) is 0.357. The Labute approximate surface area is 114 Å². The van der Waals surface area contributed by atoms with Gasteiger partial charge in [0.2, 0.25) is 5.91 Å². The molecule has 108 valence electrons. The predicted octanol–water partition coefficient (Wildman–Crippen LogP) is 2.44. The van der Waals surface area contributed by atoms with Gasteiger partial charge in [-0.25, -0.2) is 0 Å². The molecule has 1 unspecified atom stereocenters. The van der Waals surface area contributed by atoms with Gasteiger partial charge in [0.25, 0.3) is 0 Å². The Balaban J connectivity index is 2.19. The topological polar surface area (TPSA) is 46.3 Å². The Morgan fingerprint density at radius 3 is 2.50 bits per heavy atom. The molecular weight excluding hydrogens is 269 g/mol. The van der Waals surface area contributed by atoms with Gasteiger partial charge >= 0.3 is 6.18 Å². The molecule has 0 fully saturated rings. The number of halogens is 3. The Bertz CT molecular complexity index is 511. The van der Waals surface area contributed by atoms with Crippen LogP contribution in [0.1, 0.15) is 12.0 Å². The molecule has 3 nitrogen and oxygen atoms in total. The second kappa shape index (κ2) is 5.56. The van der Waals surface area contributed by atoms with Crippen LogP contribution < -0.4 is 5.73 Å². The molecule has 0 radical (unpaired) electrons. The molecule has 6 heteroatoms. The van der Waals surface area contributed by atoms with Crippen molar-refractivity contribution in [3.05, 3.63) is 47.7 Å². The zero-order valence-corrected chi connectivity index (χ0v) is 10.7. The van der Waals surface area contributed by atoms with Crippen molar-refractivity contribution in [2.45, 2.75) is 19.1 Å². The van der Waals surface area contributed by atoms with Gasteiger partial charge < -0.3 is 10.6 Å². The molecule has 1 aromatic rings. The van der Waals surface area contributed by atoms with Gasteiger partial charge in [-0.1, -0.05) is 30.3 Å². The quantitative estimate of drug-likeness (QED) is 0.926. The van der Waals surface area contributed by atoms with Crippen LogP contribution in [-0.4, -0.2) is 23.5 Å². The molecule has 0 aromatic heterocycles. The number of amides is 1. The maximum atomic E-state index is 12.8. The maximum Gasteiger partial charge on any atom is 0.396 e. The molecule has 0 aliphatic carbocycles. The van der Waals surface area contributed by atoms with E-state index in [0.717, 1.165) is 5.56 Å². The molecule has 0 bridgehead atoms. The average Bonchev–Trinajstić information content (AvgIpc) is 2.38. The number of nitrogens with two attached hydrogens (primary N) is 1. The van der Waals surface area contributed by atoms with E-state index >= 15 is 0 Å². The normalized spacial score (nSPS) is 19.6. The van der Waals surface area contributed by atoms with E-state index in [1.54, 1.807) is 4.90 Å². The molecule has 2 N–H and O–H groups in total. The summed E-state index contributed by atoms with van der Waals surface area (Å²) in [4.78, 5) is 12.9. The average molecular weight is 284 g/mol. The summed E-state index contributed by atoms with van der Waals surface area (Å²) >= 11 is 0. The minimum absolute atomic E-state index is 0.148. The number of carbonyl (C=O) groups excluding carboxylic acids is 1. The fourth-order valence-electron chi connectivity index (χ4n) is 2.32. The number of rotatable bonds is 3. The number of nitrogens with zero attached hydrogens (tertiary/aromatic N) is 1. The van der Waals surface area contributed by atoms with Crippen LogP contribution in [0.2, 0.25) is 0 Å². The summed E-state index contributed by atoms with van der Waals surface area (Å²) in [7, 11) is 0. The van der Waals surface area contributed by atoms with Crippen LogP contribution in [0.25, 0.3) is 0 Å². The van der Waals surface area contributed by atoms with E-state index in [1.807, 2.05) is 30.3 Å². The summed E-state index contributed by atoms with van der Waals surface area (Å²) in [5.74, 6) is -2.77. The van der Waals surface area contributed by atoms with Crippen molar-refractivity contribution in [3.8, 4) is 0 Å². The zero-order valence-electron chi connectivity index (χ0n) is 10.7. The van der Waals surface area contributed by atoms with Crippen LogP contribution in [-0.2, 0) is 11.3 Å². The summed E-state index contributed by atoms with van der Waals surface area (Å²) in [6, 6.07) is 9.35. The molecule has 1 amide bonds. The molecule has 1 atom stereocenters. The van der Waals surface area contributed by atoms with Crippen LogP contribution in [0.5, 0.6) is 0 Å². The summed E-state index contributed by atoms with van der Waals surface area (Å²) < 4.78 is 38.5. The van der Waals surface area contributed by atoms with Gasteiger partial charge in [-0.2, -0.15) is 13.2 Å². The molecule has 1 aliphatic rings. The first kappa shape index (κ1) is 14.4. The van der Waals surface area contributed by atoms with Gasteiger partial charge in [0.05, 0.1) is 5.92 Å². The third-order valence-corrected chi connectivity index (χ3v) is 3.31. The molecule has 1 heterocycles. The molecule has 1 aromatic carbocycles. The number of hydrogen-bond acceptors (Lipinski definition) is 2. The third kappa shape index (κ3) is 3.31. The minimum atomic E-state index is -4.43. The number of alkyl halides is 3. The Morgan fingerprint density at radius 1 is 1.30 bits per heavy atom. The van der Waals surface area contributed by atoms with Crippen molar-refractivity contribution in [2.24, 2.45) is 11.7 Å². The lowest BCUT2D eigenvalue weighted by atomic mass is 9.91. The molecule has 0 saturated carbocycles. The van der Waals surface area contributed by atoms with Gasteiger partial charge in [-0.05, 0) is 12.0 Å². The predicted molar refractivity (Wildman–Crippen MR) is 68.3 cm³/mol. The summed E-state index contributed by atoms with van der Waals surface area (Å²) in [5.41, 5.74) is 5.68. The van der Waals surface area contributed by atoms with E-state index in [1.165, 1.54) is 6.20 Å². The Hall–Kier alpha value is -1.98. The van der Waals surface area contributed by atoms with Crippen molar-refractivity contribution < 1.29 is 18.0 Å². The molecular formula is C14H15F3N2O. The smallest absolute Gasteiger partial charge is 0.373 e. The first-order valence-corrected chi connectivity index (χ1v) is 6.24. The van der Waals surface area contributed by atoms with Crippen molar-refractivity contribution in [3.63, 3.8) is 0 Å². The number of primary amides is 1. The van der Waals surface area contributed by atoms with Crippen molar-refractivity contribution in [2.75, 3.05) is 6.54 Å². The fourth-order valence-corrected chi connectivity index (χ4v) is 2.32. The highest BCUT2D eigenvalue weighted by Crippen LogP contribution is 2.37. The van der Waals surface area contributed by atoms with Crippen molar-refractivity contribution in [1.29, 1.82) is 0 Å². The lowest BCUT2D eigenvalue weighted by Gasteiger charge is -2.32. The van der Waals surface area contributed by atoms with E-state index in [4.69, 9.17) is 5.73 Å². The lowest BCUT2D eigenvalue weighted by molar-refractivity contribution is -0.170. The number of benzene rings is 1. The van der Waals surface area contributed by atoms with Gasteiger partial charge in [0, 0.05) is 24.9 Å². The maximum absolute atomic E-state index is 12.8. The van der Waals surface area contributed by atoms with E-state index in [2.05, 4.69) is 0 Å². The van der Waals surface area contributed by atoms with Crippen LogP contribution in [0.15, 0.2) is 42.1 Å². The number of hydrogen-bond donors (Lipinski definition) is 1.